The number of carboxylic acid groups (broad SMARTS) is 1. The Morgan fingerprint density at radius 3 is 2.02 bits per heavy atom. The zero-order valence-electron chi connectivity index (χ0n) is 52.2. The Morgan fingerprint density at radius 2 is 1.40 bits per heavy atom. The standard InChI is InChI=1S/C64H78N12O17/c1-36(2)56(68-53(77)15-9-7-10-23-71-54(78)20-21-55(71)79)43-33-75(70-69-43)44(14-13-22-66-62(65)85)58(81)67-40-18-16-39(17-19-40)35-93-64(88)76-46-30-52(50(90-6)28-42(46)60(83)72-31-37(3)26-47(72)61(76)84)92-25-12-8-11-24-91-51-29-45-41(27-49(51)89-5)59(82)73-32-38(4)57(80)48(73)34-74(45)63(86)87/h16-21,27-30,33,36,44,47-48,56-57,61,80,84H,3-4,7-15,22-26,31-32,34-35H2,1-2,5-6H3,(H,67,81)(H,68,77)(H,86,87)(H3,65,66,85)/t44-,47?,48-,56-,57?,61-/m0/s1. The van der Waals surface area contributed by atoms with Gasteiger partial charge in [-0.2, -0.15) is 0 Å². The highest BCUT2D eigenvalue weighted by Gasteiger charge is 2.48. The molecule has 6 heterocycles. The second-order valence-corrected chi connectivity index (χ2v) is 23.6. The van der Waals surface area contributed by atoms with Crippen molar-refractivity contribution >= 4 is 70.7 Å². The molecule has 10 amide bonds. The number of benzene rings is 3. The average Bonchev–Trinajstić information content (AvgIpc) is 1.65. The van der Waals surface area contributed by atoms with Crippen LogP contribution in [0.2, 0.25) is 0 Å². The number of aliphatic hydroxyl groups is 2. The lowest BCUT2D eigenvalue weighted by atomic mass is 10.0. The molecule has 5 aliphatic rings. The van der Waals surface area contributed by atoms with Crippen LogP contribution < -0.4 is 50.4 Å². The molecular weight excluding hydrogens is 1210 g/mol. The van der Waals surface area contributed by atoms with Gasteiger partial charge in [-0.05, 0) is 92.7 Å². The molecule has 0 saturated carbocycles. The number of hydrogen-bond acceptors (Lipinski definition) is 18. The maximum Gasteiger partial charge on any atom is 0.416 e. The number of amides is 10. The van der Waals surface area contributed by atoms with Crippen molar-refractivity contribution in [2.45, 2.75) is 121 Å². The summed E-state index contributed by atoms with van der Waals surface area (Å²) in [5, 5.41) is 50.0. The number of nitrogens with zero attached hydrogens (tertiary/aromatic N) is 8. The summed E-state index contributed by atoms with van der Waals surface area (Å²) in [6.45, 7) is 12.2. The molecule has 2 unspecified atom stereocenters. The number of fused-ring (bicyclic) bond motifs is 4. The van der Waals surface area contributed by atoms with E-state index in [-0.39, 0.29) is 141 Å². The summed E-state index contributed by atoms with van der Waals surface area (Å²) in [4.78, 5) is 123. The van der Waals surface area contributed by atoms with Gasteiger partial charge in [0.2, 0.25) is 11.8 Å². The third-order valence-corrected chi connectivity index (χ3v) is 16.8. The SMILES string of the molecule is C=C1CC2[C@H](O)N(C(=O)OCc3ccc(NC(=O)[C@H](CCCNC(N)=O)n4cc([C@@H](NC(=O)CCCCCN5C(=O)C=CC5=O)C(C)C)nn4)cc3)c3cc(OCCCCCOc4cc5c(cc4OC)C(=O)N4CC(=C)C(O)[C@@H]4CN5C(=O)O)c(OC)cc3C(=O)N2C1. The minimum atomic E-state index is -1.58. The number of anilines is 3. The summed E-state index contributed by atoms with van der Waals surface area (Å²) < 4.78 is 30.8. The number of hydrogen-bond donors (Lipinski definition) is 7. The topological polar surface area (TPSA) is 369 Å². The number of nitrogens with one attached hydrogen (secondary N) is 3. The molecule has 29 heteroatoms. The minimum absolute atomic E-state index is 0.0123. The van der Waals surface area contributed by atoms with Gasteiger partial charge in [0.1, 0.15) is 18.3 Å². The second kappa shape index (κ2) is 29.9. The Bertz CT molecular complexity index is 3550. The van der Waals surface area contributed by atoms with E-state index in [1.807, 2.05) is 13.8 Å². The van der Waals surface area contributed by atoms with Gasteiger partial charge in [-0.15, -0.1) is 5.10 Å². The van der Waals surface area contributed by atoms with Gasteiger partial charge < -0.3 is 70.5 Å². The lowest BCUT2D eigenvalue weighted by molar-refractivity contribution is -0.137. The van der Waals surface area contributed by atoms with E-state index in [9.17, 15) is 58.5 Å². The number of carbonyl (C=O) groups is 9. The van der Waals surface area contributed by atoms with Crippen molar-refractivity contribution < 1.29 is 82.2 Å². The zero-order chi connectivity index (χ0) is 66.8. The fourth-order valence-electron chi connectivity index (χ4n) is 11.9. The van der Waals surface area contributed by atoms with E-state index in [0.717, 1.165) is 14.7 Å². The zero-order valence-corrected chi connectivity index (χ0v) is 52.2. The van der Waals surface area contributed by atoms with Crippen molar-refractivity contribution in [3.63, 3.8) is 0 Å². The van der Waals surface area contributed by atoms with Crippen molar-refractivity contribution in [2.24, 2.45) is 11.7 Å². The molecule has 1 aromatic heterocycles. The highest BCUT2D eigenvalue weighted by Crippen LogP contribution is 2.43. The average molecular weight is 1290 g/mol. The first kappa shape index (κ1) is 67.4. The van der Waals surface area contributed by atoms with Gasteiger partial charge >= 0.3 is 18.2 Å². The summed E-state index contributed by atoms with van der Waals surface area (Å²) >= 11 is 0. The van der Waals surface area contributed by atoms with Gasteiger partial charge in [-0.1, -0.05) is 56.3 Å². The van der Waals surface area contributed by atoms with Gasteiger partial charge in [0.25, 0.3) is 23.6 Å². The summed E-state index contributed by atoms with van der Waals surface area (Å²) in [6, 6.07) is 8.33. The molecular formula is C64H78N12O17. The first-order chi connectivity index (χ1) is 44.6. The normalized spacial score (nSPS) is 18.9. The molecule has 2 saturated heterocycles. The largest absolute Gasteiger partial charge is 0.493 e. The van der Waals surface area contributed by atoms with Crippen molar-refractivity contribution in [1.29, 1.82) is 0 Å². The molecule has 496 valence electrons. The maximum atomic E-state index is 14.4. The molecule has 2 fully saturated rings. The first-order valence-electron chi connectivity index (χ1n) is 30.7. The Balaban J connectivity index is 0.814. The number of primary amides is 1. The van der Waals surface area contributed by atoms with Crippen LogP contribution in [-0.4, -0.2) is 183 Å². The number of unbranched alkanes of at least 4 members (excludes halogenated alkanes) is 4. The monoisotopic (exact) mass is 1290 g/mol. The van der Waals surface area contributed by atoms with Crippen LogP contribution in [-0.2, 0) is 30.5 Å². The number of rotatable bonds is 28. The molecule has 0 radical (unpaired) electrons. The Morgan fingerprint density at radius 1 is 0.774 bits per heavy atom. The van der Waals surface area contributed by atoms with Crippen molar-refractivity contribution in [3.05, 3.63) is 114 Å². The van der Waals surface area contributed by atoms with Gasteiger partial charge in [-0.25, -0.2) is 24.0 Å². The predicted molar refractivity (Wildman–Crippen MR) is 334 cm³/mol. The fourth-order valence-corrected chi connectivity index (χ4v) is 11.9. The first-order valence-corrected chi connectivity index (χ1v) is 30.7. The number of aliphatic hydroxyl groups excluding tert-OH is 2. The lowest BCUT2D eigenvalue weighted by Crippen LogP contribution is -2.50. The number of carbonyl (C=O) groups excluding carboxylic acids is 8. The van der Waals surface area contributed by atoms with E-state index < -0.39 is 72.4 Å². The molecule has 93 heavy (non-hydrogen) atoms. The summed E-state index contributed by atoms with van der Waals surface area (Å²) in [6.07, 6.45) is 3.27. The van der Waals surface area contributed by atoms with Crippen LogP contribution in [0.5, 0.6) is 23.0 Å². The molecule has 9 rings (SSSR count). The smallest absolute Gasteiger partial charge is 0.416 e. The molecule has 4 aromatic rings. The Hall–Kier alpha value is -10.0. The highest BCUT2D eigenvalue weighted by molar-refractivity contribution is 6.13. The number of methoxy groups -OCH3 is 2. The maximum absolute atomic E-state index is 14.4. The van der Waals surface area contributed by atoms with Crippen LogP contribution in [0.25, 0.3) is 0 Å². The van der Waals surface area contributed by atoms with Crippen LogP contribution in [0, 0.1) is 5.92 Å². The lowest BCUT2D eigenvalue weighted by Gasteiger charge is -2.31. The van der Waals surface area contributed by atoms with E-state index in [1.54, 1.807) is 30.5 Å². The fraction of sp³-hybridized carbons (Fsp3) is 0.453. The van der Waals surface area contributed by atoms with Crippen LogP contribution in [0.3, 0.4) is 0 Å². The summed E-state index contributed by atoms with van der Waals surface area (Å²) in [5.41, 5.74) is 7.89. The number of imide groups is 1. The van der Waals surface area contributed by atoms with E-state index in [2.05, 4.69) is 39.4 Å². The number of urea groups is 1. The number of nitrogens with two attached hydrogens (primary N) is 1. The van der Waals surface area contributed by atoms with E-state index in [1.165, 1.54) is 65.1 Å². The molecule has 5 aliphatic heterocycles. The third-order valence-electron chi connectivity index (χ3n) is 16.8. The Labute approximate surface area is 536 Å². The molecule has 0 spiro atoms. The van der Waals surface area contributed by atoms with Crippen LogP contribution >= 0.6 is 0 Å². The second-order valence-electron chi connectivity index (χ2n) is 23.6. The molecule has 6 atom stereocenters. The van der Waals surface area contributed by atoms with Crippen molar-refractivity contribution in [1.82, 2.24) is 40.3 Å². The number of aromatic nitrogens is 3. The van der Waals surface area contributed by atoms with Crippen LogP contribution in [0.4, 0.5) is 31.4 Å². The van der Waals surface area contributed by atoms with E-state index in [0.29, 0.717) is 73.0 Å². The van der Waals surface area contributed by atoms with Gasteiger partial charge in [0.05, 0.1) is 86.9 Å². The third kappa shape index (κ3) is 15.5. The van der Waals surface area contributed by atoms with E-state index >= 15 is 0 Å². The number of ether oxygens (including phenoxy) is 5. The van der Waals surface area contributed by atoms with Gasteiger partial charge in [0, 0.05) is 62.6 Å². The predicted octanol–water partition coefficient (Wildman–Crippen LogP) is 5.34. The molecule has 3 aromatic carbocycles. The summed E-state index contributed by atoms with van der Waals surface area (Å²) in [5.74, 6) is -1.71. The highest BCUT2D eigenvalue weighted by atomic mass is 16.6. The molecule has 0 bridgehead atoms. The van der Waals surface area contributed by atoms with Crippen molar-refractivity contribution in [2.75, 3.05) is 75.3 Å². The molecule has 0 aliphatic carbocycles. The van der Waals surface area contributed by atoms with Crippen LogP contribution in [0.15, 0.2) is 91.2 Å². The van der Waals surface area contributed by atoms with Crippen LogP contribution in [0.1, 0.15) is 122 Å². The molecule has 8 N–H and O–H groups in total. The van der Waals surface area contributed by atoms with Gasteiger partial charge in [0.15, 0.2) is 29.2 Å². The Kier molecular flexibility index (Phi) is 21.7. The molecule has 29 nitrogen and oxygen atoms in total. The van der Waals surface area contributed by atoms with Gasteiger partial charge in [-0.3, -0.25) is 38.6 Å². The minimum Gasteiger partial charge on any atom is -0.493 e. The van der Waals surface area contributed by atoms with E-state index in [4.69, 9.17) is 29.4 Å². The summed E-state index contributed by atoms with van der Waals surface area (Å²) in [7, 11) is 2.81. The van der Waals surface area contributed by atoms with Crippen molar-refractivity contribution in [3.8, 4) is 23.0 Å². The quantitative estimate of drug-likeness (QED) is 0.0214.